The van der Waals surface area contributed by atoms with Gasteiger partial charge in [-0.15, -0.1) is 0 Å². The number of piperidine rings is 1. The molecule has 1 fully saturated rings. The van der Waals surface area contributed by atoms with E-state index in [2.05, 4.69) is 4.98 Å². The number of carbonyl (C=O) groups excluding carboxylic acids is 2. The van der Waals surface area contributed by atoms with Gasteiger partial charge in [0.15, 0.2) is 11.5 Å². The summed E-state index contributed by atoms with van der Waals surface area (Å²) < 4.78 is 98.9. The van der Waals surface area contributed by atoms with Gasteiger partial charge in [0.05, 0.1) is 38.6 Å². The third-order valence-corrected chi connectivity index (χ3v) is 8.51. The van der Waals surface area contributed by atoms with Crippen LogP contribution in [-0.2, 0) is 60.9 Å². The van der Waals surface area contributed by atoms with E-state index in [9.17, 15) is 39.6 Å². The van der Waals surface area contributed by atoms with Crippen molar-refractivity contribution in [2.24, 2.45) is 0 Å². The zero-order chi connectivity index (χ0) is 34.3. The number of carbonyl (C=O) groups is 2. The molecule has 256 valence electrons. The number of benzene rings is 1. The number of amides is 1. The number of rotatable bonds is 14. The smallest absolute Gasteiger partial charge is 0.410 e. The van der Waals surface area contributed by atoms with Crippen molar-refractivity contribution in [3.05, 3.63) is 57.8 Å². The maximum atomic E-state index is 13.6. The van der Waals surface area contributed by atoms with Crippen LogP contribution in [0.3, 0.4) is 0 Å². The second-order valence-electron chi connectivity index (χ2n) is 10.2. The predicted octanol–water partition coefficient (Wildman–Crippen LogP) is 0.577. The summed E-state index contributed by atoms with van der Waals surface area (Å²) in [6, 6.07) is 8.90. The zero-order valence-electron chi connectivity index (χ0n) is 25.5. The largest absolute Gasteiger partial charge is 0.461 e. The molecule has 1 aliphatic rings. The van der Waals surface area contributed by atoms with Crippen LogP contribution in [-0.4, -0.2) is 103 Å². The van der Waals surface area contributed by atoms with Gasteiger partial charge in [0.1, 0.15) is 12.2 Å². The average Bonchev–Trinajstić information content (AvgIpc) is 2.95. The summed E-state index contributed by atoms with van der Waals surface area (Å²) >= 11 is 0. The first-order valence-corrected chi connectivity index (χ1v) is 19.2. The molecule has 0 atom stereocenters. The van der Waals surface area contributed by atoms with E-state index in [1.807, 2.05) is 0 Å². The van der Waals surface area contributed by atoms with Gasteiger partial charge >= 0.3 is 27.7 Å². The monoisotopic (exact) mass is 709 g/mol. The van der Waals surface area contributed by atoms with Crippen molar-refractivity contribution in [3.8, 4) is 5.75 Å². The molecule has 0 spiro atoms. The van der Waals surface area contributed by atoms with Crippen LogP contribution in [0.2, 0.25) is 0 Å². The maximum Gasteiger partial charge on any atom is 0.410 e. The molecule has 0 aliphatic carbocycles. The molecule has 1 aromatic carbocycles. The number of hydrogen-bond donors (Lipinski definition) is 0. The Morgan fingerprint density at radius 1 is 0.913 bits per heavy atom. The Kier molecular flexibility index (Phi) is 11.9. The molecule has 17 nitrogen and oxygen atoms in total. The lowest BCUT2D eigenvalue weighted by atomic mass is 9.90. The van der Waals surface area contributed by atoms with Crippen molar-refractivity contribution in [3.63, 3.8) is 0 Å². The molecular weight excluding hydrogens is 674 g/mol. The second kappa shape index (κ2) is 14.9. The Morgan fingerprint density at radius 2 is 1.54 bits per heavy atom. The number of esters is 1. The van der Waals surface area contributed by atoms with Crippen LogP contribution >= 0.6 is 0 Å². The lowest BCUT2D eigenvalue weighted by Gasteiger charge is -2.41. The first-order valence-electron chi connectivity index (χ1n) is 13.8. The van der Waals surface area contributed by atoms with Gasteiger partial charge in [-0.1, -0.05) is 30.3 Å². The molecule has 2 heterocycles. The summed E-state index contributed by atoms with van der Waals surface area (Å²) in [7, 11) is -12.8. The summed E-state index contributed by atoms with van der Waals surface area (Å²) in [4.78, 5) is 44.8. The summed E-state index contributed by atoms with van der Waals surface area (Å²) in [6.45, 7) is 0.470. The highest BCUT2D eigenvalue weighted by Gasteiger charge is 2.45. The summed E-state index contributed by atoms with van der Waals surface area (Å²) in [5, 5.41) is 0. The molecule has 3 rings (SSSR count). The molecule has 1 aliphatic heterocycles. The number of nitrogens with zero attached hydrogens (tertiary/aromatic N) is 3. The van der Waals surface area contributed by atoms with Crippen LogP contribution < -0.4 is 9.74 Å². The van der Waals surface area contributed by atoms with Gasteiger partial charge in [-0.25, -0.2) is 23.0 Å². The summed E-state index contributed by atoms with van der Waals surface area (Å²) in [5.74, 6) is -3.09. The van der Waals surface area contributed by atoms with Crippen LogP contribution in [0.1, 0.15) is 48.1 Å². The molecule has 0 N–H and O–H groups in total. The minimum Gasteiger partial charge on any atom is -0.461 e. The lowest BCUT2D eigenvalue weighted by Crippen LogP contribution is -2.50. The van der Waals surface area contributed by atoms with Crippen LogP contribution in [0.15, 0.2) is 35.1 Å². The van der Waals surface area contributed by atoms with E-state index in [0.717, 1.165) is 11.8 Å². The molecular formula is C26H35N3O14S3. The van der Waals surface area contributed by atoms with Crippen molar-refractivity contribution in [2.45, 2.75) is 38.4 Å². The van der Waals surface area contributed by atoms with Gasteiger partial charge in [0.25, 0.3) is 10.1 Å². The Balaban J connectivity index is 2.08. The molecule has 0 bridgehead atoms. The third kappa shape index (κ3) is 9.95. The van der Waals surface area contributed by atoms with Gasteiger partial charge in [-0.05, 0) is 18.9 Å². The minimum absolute atomic E-state index is 0.0131. The summed E-state index contributed by atoms with van der Waals surface area (Å²) in [5.41, 5.74) is -3.51. The van der Waals surface area contributed by atoms with Crippen LogP contribution in [0.5, 0.6) is 5.75 Å². The van der Waals surface area contributed by atoms with Crippen molar-refractivity contribution >= 4 is 42.3 Å². The molecule has 1 amide bonds. The van der Waals surface area contributed by atoms with Gasteiger partial charge in [-0.2, -0.15) is 20.8 Å². The average molecular weight is 710 g/mol. The quantitative estimate of drug-likeness (QED) is 0.149. The van der Waals surface area contributed by atoms with Crippen LogP contribution in [0.25, 0.3) is 0 Å². The van der Waals surface area contributed by atoms with E-state index in [4.69, 9.17) is 22.6 Å². The standard InChI is InChI=1S/C26H35N3O14S3/c1-5-39-23(31)20-21(43-46(4,37)38)22(30)29(44(2,33)34)24(27-20)26(41-16-9-17-42-45(3,35)36)12-14-28(15-13-26)25(32)40-18-19-10-7-6-8-11-19/h6-8,10-11H,5,9,12-18H2,1-4H3. The number of ether oxygens (including phenoxy) is 3. The Morgan fingerprint density at radius 3 is 2.09 bits per heavy atom. The van der Waals surface area contributed by atoms with E-state index in [1.54, 1.807) is 30.3 Å². The molecule has 0 radical (unpaired) electrons. The van der Waals surface area contributed by atoms with E-state index in [1.165, 1.54) is 11.8 Å². The molecule has 2 aromatic rings. The fraction of sp³-hybridized carbons (Fsp3) is 0.538. The van der Waals surface area contributed by atoms with Gasteiger partial charge in [0.2, 0.25) is 15.8 Å². The highest BCUT2D eigenvalue weighted by Crippen LogP contribution is 2.37. The number of aromatic nitrogens is 2. The molecule has 1 saturated heterocycles. The highest BCUT2D eigenvalue weighted by molar-refractivity contribution is 7.89. The SMILES string of the molecule is CCOC(=O)c1nc(C2(OCCCOS(C)(=O)=O)CCN(C(=O)OCc3ccccc3)CC2)n(S(C)(=O)=O)c(=O)c1OS(C)(=O)=O. The van der Waals surface area contributed by atoms with Crippen molar-refractivity contribution < 1.29 is 57.4 Å². The first-order chi connectivity index (χ1) is 21.4. The highest BCUT2D eigenvalue weighted by atomic mass is 32.2. The number of hydrogen-bond acceptors (Lipinski definition) is 15. The normalized spacial score (nSPS) is 15.3. The topological polar surface area (TPSA) is 221 Å². The Labute approximate surface area is 266 Å². The molecule has 20 heteroatoms. The molecule has 46 heavy (non-hydrogen) atoms. The van der Waals surface area contributed by atoms with Crippen molar-refractivity contribution in [2.75, 3.05) is 51.7 Å². The Bertz CT molecular complexity index is 1800. The van der Waals surface area contributed by atoms with E-state index < -0.39 is 70.8 Å². The maximum absolute atomic E-state index is 13.6. The van der Waals surface area contributed by atoms with Crippen molar-refractivity contribution in [1.29, 1.82) is 0 Å². The lowest BCUT2D eigenvalue weighted by molar-refractivity contribution is -0.0964. The summed E-state index contributed by atoms with van der Waals surface area (Å²) in [6.07, 6.45) is 1.02. The first kappa shape index (κ1) is 36.9. The van der Waals surface area contributed by atoms with Crippen LogP contribution in [0.4, 0.5) is 4.79 Å². The molecule has 0 saturated carbocycles. The van der Waals surface area contributed by atoms with E-state index in [-0.39, 0.29) is 62.8 Å². The van der Waals surface area contributed by atoms with Crippen LogP contribution in [0, 0.1) is 0 Å². The van der Waals surface area contributed by atoms with E-state index in [0.29, 0.717) is 12.5 Å². The van der Waals surface area contributed by atoms with Gasteiger partial charge in [-0.3, -0.25) is 8.98 Å². The van der Waals surface area contributed by atoms with Gasteiger partial charge < -0.3 is 23.3 Å². The number of likely N-dealkylation sites (tertiary alicyclic amines) is 1. The third-order valence-electron chi connectivity index (χ3n) is 6.45. The molecule has 1 aromatic heterocycles. The zero-order valence-corrected chi connectivity index (χ0v) is 28.0. The minimum atomic E-state index is -4.58. The second-order valence-corrected chi connectivity index (χ2v) is 15.3. The van der Waals surface area contributed by atoms with Gasteiger partial charge in [0, 0.05) is 25.9 Å². The predicted molar refractivity (Wildman–Crippen MR) is 161 cm³/mol. The fourth-order valence-corrected chi connectivity index (χ4v) is 6.26. The van der Waals surface area contributed by atoms with Crippen molar-refractivity contribution in [1.82, 2.24) is 13.9 Å². The fourth-order valence-electron chi connectivity index (χ4n) is 4.48. The van der Waals surface area contributed by atoms with E-state index >= 15 is 0 Å². The molecule has 0 unspecified atom stereocenters. The Hall–Kier alpha value is -3.59.